The Balaban J connectivity index is 1.92. The first-order valence-corrected chi connectivity index (χ1v) is 6.01. The standard InChI is InChI=1S/C11H17N5O2/c1-2-12-11(17)9-3-4-10(14-13-9)15-16-5-7-18-8-6-16/h3-4H,2,5-8H2,1H3,(H,12,17)(H,14,15). The highest BCUT2D eigenvalue weighted by Crippen LogP contribution is 2.05. The molecule has 0 aliphatic carbocycles. The van der Waals surface area contributed by atoms with E-state index in [0.29, 0.717) is 31.3 Å². The zero-order chi connectivity index (χ0) is 12.8. The molecule has 0 radical (unpaired) electrons. The van der Waals surface area contributed by atoms with Crippen molar-refractivity contribution < 1.29 is 9.53 Å². The summed E-state index contributed by atoms with van der Waals surface area (Å²) in [5.41, 5.74) is 3.45. The van der Waals surface area contributed by atoms with Crippen molar-refractivity contribution in [1.82, 2.24) is 20.5 Å². The number of hydrogen-bond donors (Lipinski definition) is 2. The molecular weight excluding hydrogens is 234 g/mol. The molecule has 0 aromatic carbocycles. The summed E-state index contributed by atoms with van der Waals surface area (Å²) in [4.78, 5) is 11.5. The molecule has 0 saturated carbocycles. The third-order valence-corrected chi connectivity index (χ3v) is 2.52. The van der Waals surface area contributed by atoms with Crippen molar-refractivity contribution >= 4 is 11.7 Å². The van der Waals surface area contributed by atoms with Gasteiger partial charge in [0.15, 0.2) is 11.5 Å². The van der Waals surface area contributed by atoms with Crippen LogP contribution in [-0.2, 0) is 4.74 Å². The van der Waals surface area contributed by atoms with Crippen molar-refractivity contribution in [3.8, 4) is 0 Å². The fourth-order valence-corrected chi connectivity index (χ4v) is 1.60. The summed E-state index contributed by atoms with van der Waals surface area (Å²) < 4.78 is 5.24. The lowest BCUT2D eigenvalue weighted by molar-refractivity contribution is 0.0494. The topological polar surface area (TPSA) is 79.4 Å². The van der Waals surface area contributed by atoms with Crippen LogP contribution in [0.25, 0.3) is 0 Å². The van der Waals surface area contributed by atoms with Gasteiger partial charge in [0.05, 0.1) is 13.2 Å². The molecule has 7 heteroatoms. The number of hydrogen-bond acceptors (Lipinski definition) is 6. The van der Waals surface area contributed by atoms with Gasteiger partial charge in [-0.3, -0.25) is 4.79 Å². The second kappa shape index (κ2) is 6.27. The Morgan fingerprint density at radius 2 is 2.17 bits per heavy atom. The Labute approximate surface area is 105 Å². The molecule has 2 rings (SSSR count). The van der Waals surface area contributed by atoms with Gasteiger partial charge in [-0.1, -0.05) is 0 Å². The Bertz CT molecular complexity index is 389. The molecule has 1 aliphatic rings. The first-order valence-electron chi connectivity index (χ1n) is 6.01. The Hall–Kier alpha value is -1.73. The summed E-state index contributed by atoms with van der Waals surface area (Å²) in [6.07, 6.45) is 0. The second-order valence-electron chi connectivity index (χ2n) is 3.87. The Morgan fingerprint density at radius 1 is 1.39 bits per heavy atom. The highest BCUT2D eigenvalue weighted by molar-refractivity contribution is 5.92. The lowest BCUT2D eigenvalue weighted by atomic mass is 10.3. The highest BCUT2D eigenvalue weighted by Gasteiger charge is 2.11. The van der Waals surface area contributed by atoms with Crippen molar-refractivity contribution in [2.24, 2.45) is 0 Å². The summed E-state index contributed by atoms with van der Waals surface area (Å²) in [5.74, 6) is 0.424. The minimum Gasteiger partial charge on any atom is -0.379 e. The lowest BCUT2D eigenvalue weighted by Crippen LogP contribution is -2.40. The number of ether oxygens (including phenoxy) is 1. The number of aromatic nitrogens is 2. The van der Waals surface area contributed by atoms with E-state index < -0.39 is 0 Å². The van der Waals surface area contributed by atoms with Crippen LogP contribution in [0.1, 0.15) is 17.4 Å². The Morgan fingerprint density at radius 3 is 2.78 bits per heavy atom. The van der Waals surface area contributed by atoms with E-state index in [0.717, 1.165) is 13.1 Å². The number of carbonyl (C=O) groups is 1. The van der Waals surface area contributed by atoms with Gasteiger partial charge in [0, 0.05) is 19.6 Å². The van der Waals surface area contributed by atoms with Gasteiger partial charge in [0.1, 0.15) is 0 Å². The van der Waals surface area contributed by atoms with E-state index >= 15 is 0 Å². The third-order valence-electron chi connectivity index (χ3n) is 2.52. The van der Waals surface area contributed by atoms with E-state index in [1.807, 2.05) is 11.9 Å². The molecule has 1 aromatic rings. The van der Waals surface area contributed by atoms with Crippen LogP contribution in [0.3, 0.4) is 0 Å². The second-order valence-corrected chi connectivity index (χ2v) is 3.87. The third kappa shape index (κ3) is 3.38. The van der Waals surface area contributed by atoms with E-state index in [-0.39, 0.29) is 5.91 Å². The van der Waals surface area contributed by atoms with Gasteiger partial charge in [-0.25, -0.2) is 5.01 Å². The zero-order valence-corrected chi connectivity index (χ0v) is 10.3. The minimum absolute atomic E-state index is 0.206. The Kier molecular flexibility index (Phi) is 4.43. The summed E-state index contributed by atoms with van der Waals surface area (Å²) in [6, 6.07) is 3.40. The van der Waals surface area contributed by atoms with Gasteiger partial charge >= 0.3 is 0 Å². The van der Waals surface area contributed by atoms with Gasteiger partial charge in [0.2, 0.25) is 0 Å². The monoisotopic (exact) mass is 251 g/mol. The van der Waals surface area contributed by atoms with Crippen molar-refractivity contribution in [1.29, 1.82) is 0 Å². The lowest BCUT2D eigenvalue weighted by Gasteiger charge is -2.27. The smallest absolute Gasteiger partial charge is 0.271 e. The average molecular weight is 251 g/mol. The zero-order valence-electron chi connectivity index (χ0n) is 10.3. The molecule has 1 aliphatic heterocycles. The van der Waals surface area contributed by atoms with Crippen LogP contribution >= 0.6 is 0 Å². The number of nitrogens with one attached hydrogen (secondary N) is 2. The largest absolute Gasteiger partial charge is 0.379 e. The molecule has 1 amide bonds. The molecule has 0 bridgehead atoms. The number of rotatable bonds is 4. The van der Waals surface area contributed by atoms with Crippen molar-refractivity contribution in [2.45, 2.75) is 6.92 Å². The molecule has 1 fully saturated rings. The normalized spacial score (nSPS) is 16.3. The van der Waals surface area contributed by atoms with Gasteiger partial charge in [-0.05, 0) is 19.1 Å². The average Bonchev–Trinajstić information content (AvgIpc) is 2.41. The summed E-state index contributed by atoms with van der Waals surface area (Å²) in [5, 5.41) is 12.5. The molecule has 0 spiro atoms. The highest BCUT2D eigenvalue weighted by atomic mass is 16.5. The predicted octanol–water partition coefficient (Wildman–Crippen LogP) is -0.115. The maximum atomic E-state index is 11.5. The first-order chi connectivity index (χ1) is 8.79. The van der Waals surface area contributed by atoms with Crippen molar-refractivity contribution in [3.63, 3.8) is 0 Å². The summed E-state index contributed by atoms with van der Waals surface area (Å²) in [6.45, 7) is 5.46. The fraction of sp³-hybridized carbons (Fsp3) is 0.545. The van der Waals surface area contributed by atoms with Gasteiger partial charge < -0.3 is 15.5 Å². The fourth-order valence-electron chi connectivity index (χ4n) is 1.60. The first kappa shape index (κ1) is 12.7. The molecular formula is C11H17N5O2. The quantitative estimate of drug-likeness (QED) is 0.777. The van der Waals surface area contributed by atoms with Crippen LogP contribution in [-0.4, -0.2) is 54.0 Å². The SMILES string of the molecule is CCNC(=O)c1ccc(NN2CCOCC2)nn1. The molecule has 0 unspecified atom stereocenters. The van der Waals surface area contributed by atoms with Gasteiger partial charge in [0.25, 0.3) is 5.91 Å². The van der Waals surface area contributed by atoms with Crippen molar-refractivity contribution in [2.75, 3.05) is 38.3 Å². The van der Waals surface area contributed by atoms with Crippen LogP contribution < -0.4 is 10.7 Å². The van der Waals surface area contributed by atoms with Gasteiger partial charge in [-0.15, -0.1) is 10.2 Å². The molecule has 1 aromatic heterocycles. The number of amides is 1. The molecule has 98 valence electrons. The van der Waals surface area contributed by atoms with Crippen LogP contribution in [0.5, 0.6) is 0 Å². The molecule has 1 saturated heterocycles. The molecule has 2 N–H and O–H groups in total. The van der Waals surface area contributed by atoms with E-state index in [4.69, 9.17) is 4.74 Å². The van der Waals surface area contributed by atoms with E-state index in [1.54, 1.807) is 12.1 Å². The molecule has 7 nitrogen and oxygen atoms in total. The maximum Gasteiger partial charge on any atom is 0.271 e. The van der Waals surface area contributed by atoms with Crippen LogP contribution in [0, 0.1) is 0 Å². The van der Waals surface area contributed by atoms with Crippen molar-refractivity contribution in [3.05, 3.63) is 17.8 Å². The van der Waals surface area contributed by atoms with E-state index in [2.05, 4.69) is 20.9 Å². The molecule has 18 heavy (non-hydrogen) atoms. The maximum absolute atomic E-state index is 11.5. The van der Waals surface area contributed by atoms with E-state index in [1.165, 1.54) is 0 Å². The van der Waals surface area contributed by atoms with Crippen LogP contribution in [0.2, 0.25) is 0 Å². The molecule has 2 heterocycles. The summed E-state index contributed by atoms with van der Waals surface area (Å²) >= 11 is 0. The number of anilines is 1. The number of nitrogens with zero attached hydrogens (tertiary/aromatic N) is 3. The van der Waals surface area contributed by atoms with Crippen LogP contribution in [0.15, 0.2) is 12.1 Å². The predicted molar refractivity (Wildman–Crippen MR) is 66.1 cm³/mol. The van der Waals surface area contributed by atoms with Crippen LogP contribution in [0.4, 0.5) is 5.82 Å². The summed E-state index contributed by atoms with van der Waals surface area (Å²) in [7, 11) is 0. The number of morpholine rings is 1. The van der Waals surface area contributed by atoms with Gasteiger partial charge in [-0.2, -0.15) is 0 Å². The molecule has 0 atom stereocenters. The number of carbonyl (C=O) groups excluding carboxylic acids is 1. The van der Waals surface area contributed by atoms with E-state index in [9.17, 15) is 4.79 Å². The number of hydrazine groups is 1. The minimum atomic E-state index is -0.206.